The molecule has 0 spiro atoms. The zero-order valence-electron chi connectivity index (χ0n) is 10.2. The first-order valence-corrected chi connectivity index (χ1v) is 5.51. The Labute approximate surface area is 101 Å². The monoisotopic (exact) mass is 237 g/mol. The quantitative estimate of drug-likeness (QED) is 0.739. The van der Waals surface area contributed by atoms with Gasteiger partial charge in [0.1, 0.15) is 0 Å². The third-order valence-corrected chi connectivity index (χ3v) is 2.46. The van der Waals surface area contributed by atoms with Crippen LogP contribution in [0.1, 0.15) is 24.8 Å². The summed E-state index contributed by atoms with van der Waals surface area (Å²) < 4.78 is 10.3. The molecule has 0 saturated heterocycles. The number of methoxy groups -OCH3 is 2. The van der Waals surface area contributed by atoms with Gasteiger partial charge in [-0.1, -0.05) is 0 Å². The van der Waals surface area contributed by atoms with Crippen molar-refractivity contribution in [3.8, 4) is 11.5 Å². The van der Waals surface area contributed by atoms with Crippen molar-refractivity contribution in [3.05, 3.63) is 23.8 Å². The van der Waals surface area contributed by atoms with Gasteiger partial charge in [0.25, 0.3) is 0 Å². The van der Waals surface area contributed by atoms with E-state index in [1.54, 1.807) is 20.3 Å². The SMILES string of the molecule is COc1c[c]c(CCCCC(=O)O)cc1OC. The lowest BCUT2D eigenvalue weighted by molar-refractivity contribution is -0.137. The number of unbranched alkanes of at least 4 members (excludes halogenated alkanes) is 1. The molecule has 0 atom stereocenters. The fourth-order valence-corrected chi connectivity index (χ4v) is 1.56. The number of benzene rings is 1. The van der Waals surface area contributed by atoms with Crippen LogP contribution in [0.2, 0.25) is 0 Å². The highest BCUT2D eigenvalue weighted by Crippen LogP contribution is 2.27. The van der Waals surface area contributed by atoms with Gasteiger partial charge < -0.3 is 14.6 Å². The fourth-order valence-electron chi connectivity index (χ4n) is 1.56. The Kier molecular flexibility index (Phi) is 5.33. The minimum atomic E-state index is -0.749. The Hall–Kier alpha value is -1.71. The minimum absolute atomic E-state index is 0.216. The molecule has 0 saturated carbocycles. The van der Waals surface area contributed by atoms with E-state index in [-0.39, 0.29) is 6.42 Å². The number of carboxylic acid groups (broad SMARTS) is 1. The Morgan fingerprint density at radius 2 is 2.00 bits per heavy atom. The molecule has 1 rings (SSSR count). The molecule has 4 nitrogen and oxygen atoms in total. The van der Waals surface area contributed by atoms with Crippen molar-refractivity contribution < 1.29 is 19.4 Å². The van der Waals surface area contributed by atoms with E-state index in [4.69, 9.17) is 14.6 Å². The first-order valence-electron chi connectivity index (χ1n) is 5.51. The molecule has 1 aromatic carbocycles. The molecule has 0 unspecified atom stereocenters. The van der Waals surface area contributed by atoms with Crippen molar-refractivity contribution >= 4 is 5.97 Å². The van der Waals surface area contributed by atoms with E-state index in [1.165, 1.54) is 0 Å². The number of ether oxygens (including phenoxy) is 2. The van der Waals surface area contributed by atoms with E-state index in [0.29, 0.717) is 17.9 Å². The molecule has 0 heterocycles. The molecule has 0 bridgehead atoms. The molecule has 17 heavy (non-hydrogen) atoms. The Morgan fingerprint density at radius 3 is 2.59 bits per heavy atom. The van der Waals surface area contributed by atoms with Gasteiger partial charge in [-0.2, -0.15) is 0 Å². The highest BCUT2D eigenvalue weighted by molar-refractivity contribution is 5.66. The molecule has 1 N–H and O–H groups in total. The highest BCUT2D eigenvalue weighted by atomic mass is 16.5. The average molecular weight is 237 g/mol. The number of hydrogen-bond acceptors (Lipinski definition) is 3. The lowest BCUT2D eigenvalue weighted by Crippen LogP contribution is -1.96. The first kappa shape index (κ1) is 13.4. The first-order chi connectivity index (χ1) is 8.17. The maximum absolute atomic E-state index is 10.4. The molecule has 0 aliphatic rings. The van der Waals surface area contributed by atoms with Crippen LogP contribution in [0.3, 0.4) is 0 Å². The summed E-state index contributed by atoms with van der Waals surface area (Å²) in [6, 6.07) is 6.71. The molecular weight excluding hydrogens is 220 g/mol. The van der Waals surface area contributed by atoms with Gasteiger partial charge in [0.15, 0.2) is 11.5 Å². The van der Waals surface area contributed by atoms with Gasteiger partial charge in [-0.15, -0.1) is 0 Å². The lowest BCUT2D eigenvalue weighted by atomic mass is 10.1. The second kappa shape index (κ2) is 6.78. The van der Waals surface area contributed by atoms with Crippen molar-refractivity contribution in [2.24, 2.45) is 0 Å². The number of carbonyl (C=O) groups is 1. The van der Waals surface area contributed by atoms with Gasteiger partial charge in [-0.25, -0.2) is 0 Å². The zero-order valence-corrected chi connectivity index (χ0v) is 10.2. The molecule has 0 aliphatic heterocycles. The second-order valence-electron chi connectivity index (χ2n) is 3.70. The van der Waals surface area contributed by atoms with E-state index in [0.717, 1.165) is 18.4 Å². The Morgan fingerprint density at radius 1 is 1.29 bits per heavy atom. The van der Waals surface area contributed by atoms with Crippen molar-refractivity contribution in [2.45, 2.75) is 25.7 Å². The fraction of sp³-hybridized carbons (Fsp3) is 0.462. The number of carboxylic acids is 1. The highest BCUT2D eigenvalue weighted by Gasteiger charge is 2.05. The van der Waals surface area contributed by atoms with E-state index in [1.807, 2.05) is 6.07 Å². The normalized spacial score (nSPS) is 10.0. The summed E-state index contributed by atoms with van der Waals surface area (Å²) in [5.41, 5.74) is 1.01. The predicted molar refractivity (Wildman–Crippen MR) is 63.6 cm³/mol. The van der Waals surface area contributed by atoms with Crippen LogP contribution >= 0.6 is 0 Å². The molecule has 0 aliphatic carbocycles. The van der Waals surface area contributed by atoms with Crippen molar-refractivity contribution in [1.82, 2.24) is 0 Å². The Bertz CT molecular complexity index is 374. The number of aryl methyl sites for hydroxylation is 1. The van der Waals surface area contributed by atoms with Gasteiger partial charge in [-0.3, -0.25) is 4.79 Å². The average Bonchev–Trinajstić information content (AvgIpc) is 2.34. The summed E-state index contributed by atoms with van der Waals surface area (Å²) in [4.78, 5) is 10.4. The van der Waals surface area contributed by atoms with Gasteiger partial charge in [0.2, 0.25) is 0 Å². The van der Waals surface area contributed by atoms with Crippen LogP contribution in [0, 0.1) is 6.07 Å². The number of hydrogen-bond donors (Lipinski definition) is 1. The smallest absolute Gasteiger partial charge is 0.303 e. The van der Waals surface area contributed by atoms with E-state index >= 15 is 0 Å². The van der Waals surface area contributed by atoms with Crippen molar-refractivity contribution in [1.29, 1.82) is 0 Å². The summed E-state index contributed by atoms with van der Waals surface area (Å²) in [5.74, 6) is 0.586. The molecule has 1 aromatic rings. The van der Waals surface area contributed by atoms with Crippen LogP contribution in [0.25, 0.3) is 0 Å². The second-order valence-corrected chi connectivity index (χ2v) is 3.70. The third-order valence-electron chi connectivity index (χ3n) is 2.46. The van der Waals surface area contributed by atoms with Crippen LogP contribution in [0.4, 0.5) is 0 Å². The molecule has 4 heteroatoms. The van der Waals surface area contributed by atoms with Gasteiger partial charge >= 0.3 is 5.97 Å². The van der Waals surface area contributed by atoms with Crippen LogP contribution in [0.5, 0.6) is 11.5 Å². The summed E-state index contributed by atoms with van der Waals surface area (Å²) in [7, 11) is 3.17. The molecule has 1 radical (unpaired) electrons. The van der Waals surface area contributed by atoms with Crippen LogP contribution in [-0.4, -0.2) is 25.3 Å². The molecule has 0 amide bonds. The van der Waals surface area contributed by atoms with E-state index < -0.39 is 5.97 Å². The molecule has 93 valence electrons. The lowest BCUT2D eigenvalue weighted by Gasteiger charge is -2.08. The van der Waals surface area contributed by atoms with Crippen molar-refractivity contribution in [2.75, 3.05) is 14.2 Å². The number of rotatable bonds is 7. The maximum Gasteiger partial charge on any atom is 0.303 e. The maximum atomic E-state index is 10.4. The van der Waals surface area contributed by atoms with Gasteiger partial charge in [-0.05, 0) is 43.0 Å². The van der Waals surface area contributed by atoms with Crippen LogP contribution in [0.15, 0.2) is 12.1 Å². The Balaban J connectivity index is 2.51. The van der Waals surface area contributed by atoms with E-state index in [2.05, 4.69) is 6.07 Å². The van der Waals surface area contributed by atoms with Gasteiger partial charge in [0.05, 0.1) is 14.2 Å². The van der Waals surface area contributed by atoms with Crippen LogP contribution < -0.4 is 9.47 Å². The van der Waals surface area contributed by atoms with Crippen molar-refractivity contribution in [3.63, 3.8) is 0 Å². The van der Waals surface area contributed by atoms with Gasteiger partial charge in [0, 0.05) is 6.42 Å². The number of aliphatic carboxylic acids is 1. The molecule has 0 fully saturated rings. The van der Waals surface area contributed by atoms with E-state index in [9.17, 15) is 4.79 Å². The summed E-state index contributed by atoms with van der Waals surface area (Å²) in [6.45, 7) is 0. The molecular formula is C13H17O4. The summed E-state index contributed by atoms with van der Waals surface area (Å²) in [5, 5.41) is 8.52. The minimum Gasteiger partial charge on any atom is -0.493 e. The standard InChI is InChI=1S/C13H17O4/c1-16-11-8-7-10(9-12(11)17-2)5-3-4-6-13(14)15/h8-9H,3-6H2,1-2H3,(H,14,15). The largest absolute Gasteiger partial charge is 0.493 e. The van der Waals surface area contributed by atoms with Crippen LogP contribution in [-0.2, 0) is 11.2 Å². The topological polar surface area (TPSA) is 55.8 Å². The summed E-state index contributed by atoms with van der Waals surface area (Å²) in [6.07, 6.45) is 2.52. The third kappa shape index (κ3) is 4.34. The summed E-state index contributed by atoms with van der Waals surface area (Å²) >= 11 is 0. The zero-order chi connectivity index (χ0) is 12.7. The predicted octanol–water partition coefficient (Wildman–Crippen LogP) is 2.30. The molecule has 0 aromatic heterocycles.